The van der Waals surface area contributed by atoms with Gasteiger partial charge in [-0.3, -0.25) is 14.5 Å². The number of amides is 2. The summed E-state index contributed by atoms with van der Waals surface area (Å²) in [5.41, 5.74) is 2.66. The van der Waals surface area contributed by atoms with Crippen molar-refractivity contribution >= 4 is 11.8 Å². The summed E-state index contributed by atoms with van der Waals surface area (Å²) in [6, 6.07) is 19.6. The Labute approximate surface area is 171 Å². The molecule has 0 saturated heterocycles. The molecule has 1 aliphatic heterocycles. The smallest absolute Gasteiger partial charge is 0.270 e. The van der Waals surface area contributed by atoms with Crippen molar-refractivity contribution in [3.63, 3.8) is 0 Å². The molecule has 5 heteroatoms. The summed E-state index contributed by atoms with van der Waals surface area (Å²) in [5.74, 6) is 0.0248. The molecule has 2 N–H and O–H groups in total. The van der Waals surface area contributed by atoms with E-state index in [1.54, 1.807) is 4.90 Å². The van der Waals surface area contributed by atoms with Gasteiger partial charge in [-0.1, -0.05) is 60.7 Å². The lowest BCUT2D eigenvalue weighted by molar-refractivity contribution is -0.139. The first-order valence-corrected chi connectivity index (χ1v) is 10.2. The fraction of sp³-hybridized carbons (Fsp3) is 0.333. The van der Waals surface area contributed by atoms with Gasteiger partial charge in [0, 0.05) is 18.2 Å². The van der Waals surface area contributed by atoms with E-state index in [0.717, 1.165) is 29.7 Å². The van der Waals surface area contributed by atoms with E-state index in [0.29, 0.717) is 24.7 Å². The topological polar surface area (TPSA) is 61.4 Å². The van der Waals surface area contributed by atoms with Crippen LogP contribution in [0.15, 0.2) is 72.1 Å². The molecule has 0 unspecified atom stereocenters. The number of nitrogens with one attached hydrogen (secondary N) is 2. The largest absolute Gasteiger partial charge is 0.373 e. The third-order valence-corrected chi connectivity index (χ3v) is 5.43. The molecule has 150 valence electrons. The van der Waals surface area contributed by atoms with E-state index >= 15 is 0 Å². The van der Waals surface area contributed by atoms with Gasteiger partial charge >= 0.3 is 0 Å². The monoisotopic (exact) mass is 389 g/mol. The molecule has 0 atom stereocenters. The first kappa shape index (κ1) is 19.2. The van der Waals surface area contributed by atoms with Crippen molar-refractivity contribution in [1.29, 1.82) is 0 Å². The highest BCUT2D eigenvalue weighted by Crippen LogP contribution is 2.41. The van der Waals surface area contributed by atoms with Crippen molar-refractivity contribution < 1.29 is 9.59 Å². The highest BCUT2D eigenvalue weighted by atomic mass is 16.2. The maximum Gasteiger partial charge on any atom is 0.270 e. The minimum Gasteiger partial charge on any atom is -0.373 e. The van der Waals surface area contributed by atoms with Crippen LogP contribution in [0.4, 0.5) is 0 Å². The fourth-order valence-electron chi connectivity index (χ4n) is 3.72. The number of carbonyl (C=O) groups is 2. The van der Waals surface area contributed by atoms with E-state index in [4.69, 9.17) is 0 Å². The van der Waals surface area contributed by atoms with Crippen LogP contribution in [0.25, 0.3) is 0 Å². The van der Waals surface area contributed by atoms with Gasteiger partial charge in [0.15, 0.2) is 0 Å². The highest BCUT2D eigenvalue weighted by Gasteiger charge is 2.46. The summed E-state index contributed by atoms with van der Waals surface area (Å²) in [5, 5.41) is 6.39. The third kappa shape index (κ3) is 4.19. The first-order valence-electron chi connectivity index (χ1n) is 10.2. The Morgan fingerprint density at radius 2 is 1.62 bits per heavy atom. The molecule has 29 heavy (non-hydrogen) atoms. The number of benzene rings is 2. The third-order valence-electron chi connectivity index (χ3n) is 5.43. The van der Waals surface area contributed by atoms with E-state index in [1.165, 1.54) is 0 Å². The van der Waals surface area contributed by atoms with E-state index in [1.807, 2.05) is 74.5 Å². The molecule has 1 aliphatic carbocycles. The Kier molecular flexibility index (Phi) is 5.14. The van der Waals surface area contributed by atoms with Crippen LogP contribution in [0.1, 0.15) is 37.8 Å². The number of allylic oxidation sites excluding steroid dienone is 1. The molecule has 0 spiro atoms. The Hall–Kier alpha value is -3.08. The second-order valence-corrected chi connectivity index (χ2v) is 8.33. The van der Waals surface area contributed by atoms with E-state index in [2.05, 4.69) is 10.6 Å². The Balaban J connectivity index is 1.66. The molecule has 2 aromatic carbocycles. The van der Waals surface area contributed by atoms with Crippen LogP contribution < -0.4 is 10.6 Å². The van der Waals surface area contributed by atoms with Gasteiger partial charge in [0.05, 0.1) is 6.54 Å². The summed E-state index contributed by atoms with van der Waals surface area (Å²) in [7, 11) is 0. The zero-order valence-corrected chi connectivity index (χ0v) is 16.9. The SMILES string of the molecule is CC1(C)NC(C2CC2)=C(C(=O)NCc2ccccc2)N(Cc2ccccc2)C1=O. The average molecular weight is 389 g/mol. The lowest BCUT2D eigenvalue weighted by Crippen LogP contribution is -2.60. The summed E-state index contributed by atoms with van der Waals surface area (Å²) < 4.78 is 0. The van der Waals surface area contributed by atoms with E-state index in [-0.39, 0.29) is 11.8 Å². The molecule has 4 rings (SSSR count). The van der Waals surface area contributed by atoms with Gasteiger partial charge in [-0.15, -0.1) is 0 Å². The second-order valence-electron chi connectivity index (χ2n) is 8.33. The van der Waals surface area contributed by atoms with Gasteiger partial charge in [0.1, 0.15) is 11.2 Å². The normalized spacial score (nSPS) is 18.4. The van der Waals surface area contributed by atoms with Gasteiger partial charge in [-0.05, 0) is 37.8 Å². The zero-order valence-electron chi connectivity index (χ0n) is 16.9. The fourth-order valence-corrected chi connectivity index (χ4v) is 3.72. The maximum absolute atomic E-state index is 13.3. The lowest BCUT2D eigenvalue weighted by atomic mass is 9.95. The second kappa shape index (κ2) is 7.74. The van der Waals surface area contributed by atoms with Crippen LogP contribution in [0.3, 0.4) is 0 Å². The predicted octanol–water partition coefficient (Wildman–Crippen LogP) is 3.34. The molecule has 0 bridgehead atoms. The summed E-state index contributed by atoms with van der Waals surface area (Å²) >= 11 is 0. The van der Waals surface area contributed by atoms with Crippen molar-refractivity contribution in [2.45, 2.75) is 45.3 Å². The van der Waals surface area contributed by atoms with Crippen LogP contribution >= 0.6 is 0 Å². The first-order chi connectivity index (χ1) is 14.0. The van der Waals surface area contributed by atoms with Crippen molar-refractivity contribution in [3.05, 3.63) is 83.2 Å². The molecule has 2 aromatic rings. The Morgan fingerprint density at radius 3 is 2.21 bits per heavy atom. The van der Waals surface area contributed by atoms with E-state index in [9.17, 15) is 9.59 Å². The van der Waals surface area contributed by atoms with Crippen LogP contribution in [-0.2, 0) is 22.7 Å². The van der Waals surface area contributed by atoms with E-state index < -0.39 is 5.54 Å². The van der Waals surface area contributed by atoms with Crippen molar-refractivity contribution in [2.75, 3.05) is 0 Å². The molecule has 0 radical (unpaired) electrons. The average Bonchev–Trinajstić information content (AvgIpc) is 3.56. The molecule has 5 nitrogen and oxygen atoms in total. The minimum absolute atomic E-state index is 0.0874. The number of hydrogen-bond acceptors (Lipinski definition) is 3. The van der Waals surface area contributed by atoms with Crippen molar-refractivity contribution in [3.8, 4) is 0 Å². The number of hydrogen-bond donors (Lipinski definition) is 2. The quantitative estimate of drug-likeness (QED) is 0.797. The Morgan fingerprint density at radius 1 is 1.03 bits per heavy atom. The highest BCUT2D eigenvalue weighted by molar-refractivity contribution is 6.01. The predicted molar refractivity (Wildman–Crippen MR) is 112 cm³/mol. The zero-order chi connectivity index (χ0) is 20.4. The summed E-state index contributed by atoms with van der Waals surface area (Å²) in [6.45, 7) is 4.58. The minimum atomic E-state index is -0.740. The molecular formula is C24H27N3O2. The molecule has 2 aliphatic rings. The van der Waals surface area contributed by atoms with Crippen molar-refractivity contribution in [2.24, 2.45) is 5.92 Å². The van der Waals surface area contributed by atoms with Gasteiger partial charge < -0.3 is 10.6 Å². The van der Waals surface area contributed by atoms with Crippen LogP contribution in [0, 0.1) is 5.92 Å². The molecule has 1 saturated carbocycles. The van der Waals surface area contributed by atoms with Gasteiger partial charge in [0.25, 0.3) is 11.8 Å². The summed E-state index contributed by atoms with van der Waals surface area (Å²) in [4.78, 5) is 28.2. The molecular weight excluding hydrogens is 362 g/mol. The van der Waals surface area contributed by atoms with Crippen LogP contribution in [0.2, 0.25) is 0 Å². The number of nitrogens with zero attached hydrogens (tertiary/aromatic N) is 1. The molecule has 2 amide bonds. The van der Waals surface area contributed by atoms with Gasteiger partial charge in [-0.2, -0.15) is 0 Å². The van der Waals surface area contributed by atoms with Crippen molar-refractivity contribution in [1.82, 2.24) is 15.5 Å². The Bertz CT molecular complexity index is 931. The molecule has 1 heterocycles. The summed E-state index contributed by atoms with van der Waals surface area (Å²) in [6.07, 6.45) is 2.09. The maximum atomic E-state index is 13.3. The molecule has 0 aromatic heterocycles. The number of rotatable bonds is 6. The van der Waals surface area contributed by atoms with Gasteiger partial charge in [-0.25, -0.2) is 0 Å². The number of carbonyl (C=O) groups excluding carboxylic acids is 2. The van der Waals surface area contributed by atoms with Crippen LogP contribution in [-0.4, -0.2) is 22.3 Å². The lowest BCUT2D eigenvalue weighted by Gasteiger charge is -2.41. The molecule has 1 fully saturated rings. The van der Waals surface area contributed by atoms with Crippen LogP contribution in [0.5, 0.6) is 0 Å². The standard InChI is InChI=1S/C24H27N3O2/c1-24(2)23(29)27(16-18-11-7-4-8-12-18)21(20(26-24)19-13-14-19)22(28)25-15-17-9-5-3-6-10-17/h3-12,19,26H,13-16H2,1-2H3,(H,25,28). The van der Waals surface area contributed by atoms with Gasteiger partial charge in [0.2, 0.25) is 0 Å².